The van der Waals surface area contributed by atoms with E-state index in [-0.39, 0.29) is 24.9 Å². The maximum absolute atomic E-state index is 12.7. The first-order chi connectivity index (χ1) is 16.1. The quantitative estimate of drug-likeness (QED) is 0.448. The first-order valence-corrected chi connectivity index (χ1v) is 10.4. The molecule has 166 valence electrons. The number of ether oxygens (including phenoxy) is 2. The molecule has 1 heterocycles. The number of carboxylic acids is 1. The topological polar surface area (TPSA) is 103 Å². The van der Waals surface area contributed by atoms with E-state index in [4.69, 9.17) is 9.47 Å². The Labute approximate surface area is 189 Å². The second-order valence-electron chi connectivity index (χ2n) is 7.72. The highest BCUT2D eigenvalue weighted by Gasteiger charge is 2.29. The van der Waals surface area contributed by atoms with Gasteiger partial charge in [0.25, 0.3) is 0 Å². The number of fused-ring (bicyclic) bond motifs is 4. The minimum Gasteiger partial charge on any atom is -0.476 e. The fourth-order valence-electron chi connectivity index (χ4n) is 4.46. The van der Waals surface area contributed by atoms with Gasteiger partial charge in [-0.1, -0.05) is 60.7 Å². The van der Waals surface area contributed by atoms with E-state index in [1.807, 2.05) is 24.3 Å². The average molecular weight is 443 g/mol. The Morgan fingerprint density at radius 2 is 1.67 bits per heavy atom. The molecule has 8 nitrogen and oxygen atoms in total. The van der Waals surface area contributed by atoms with Gasteiger partial charge in [-0.25, -0.2) is 14.3 Å². The molecule has 5 rings (SSSR count). The molecule has 1 aliphatic carbocycles. The number of nitrogens with one attached hydrogen (secondary N) is 1. The number of hydrogen-bond donors (Lipinski definition) is 2. The minimum absolute atomic E-state index is 0.0349. The van der Waals surface area contributed by atoms with Gasteiger partial charge < -0.3 is 14.6 Å². The maximum atomic E-state index is 12.7. The summed E-state index contributed by atoms with van der Waals surface area (Å²) in [4.78, 5) is 24.3. The van der Waals surface area contributed by atoms with E-state index in [2.05, 4.69) is 34.7 Å². The molecule has 0 saturated carbocycles. The molecule has 33 heavy (non-hydrogen) atoms. The lowest BCUT2D eigenvalue weighted by Crippen LogP contribution is -2.18. The third-order valence-electron chi connectivity index (χ3n) is 5.80. The van der Waals surface area contributed by atoms with Crippen molar-refractivity contribution in [2.45, 2.75) is 12.6 Å². The van der Waals surface area contributed by atoms with Crippen LogP contribution in [0.5, 0.6) is 0 Å². The molecular formula is C25H21N3O5. The summed E-state index contributed by atoms with van der Waals surface area (Å²) in [6, 6.07) is 21.2. The minimum atomic E-state index is -1.16. The van der Waals surface area contributed by atoms with Crippen molar-refractivity contribution in [2.75, 3.05) is 19.0 Å². The summed E-state index contributed by atoms with van der Waals surface area (Å²) in [5.74, 6) is -1.22. The lowest BCUT2D eigenvalue weighted by Gasteiger charge is -2.15. The Bertz CT molecular complexity index is 1330. The molecule has 0 atom stereocenters. The number of benzene rings is 3. The third kappa shape index (κ3) is 3.60. The predicted molar refractivity (Wildman–Crippen MR) is 122 cm³/mol. The normalized spacial score (nSPS) is 12.4. The summed E-state index contributed by atoms with van der Waals surface area (Å²) in [6.45, 7) is 0.209. The van der Waals surface area contributed by atoms with Crippen LogP contribution in [0.25, 0.3) is 22.0 Å². The van der Waals surface area contributed by atoms with Gasteiger partial charge in [-0.3, -0.25) is 5.32 Å². The second-order valence-corrected chi connectivity index (χ2v) is 7.72. The summed E-state index contributed by atoms with van der Waals surface area (Å²) in [5.41, 5.74) is 5.27. The van der Waals surface area contributed by atoms with Crippen molar-refractivity contribution in [1.82, 2.24) is 9.78 Å². The fraction of sp³-hybridized carbons (Fsp3) is 0.160. The molecule has 4 aromatic rings. The molecule has 0 saturated heterocycles. The molecule has 0 aliphatic heterocycles. The van der Waals surface area contributed by atoms with Crippen LogP contribution in [0, 0.1) is 0 Å². The number of methoxy groups -OCH3 is 1. The van der Waals surface area contributed by atoms with Gasteiger partial charge in [-0.2, -0.15) is 5.10 Å². The predicted octanol–water partition coefficient (Wildman–Crippen LogP) is 4.70. The SMILES string of the molecule is COCn1nc(C(=O)O)c2cccc(NC(=O)OCC3c4ccccc4-c4ccccc43)c21. The van der Waals surface area contributed by atoms with Gasteiger partial charge in [0.15, 0.2) is 5.69 Å². The van der Waals surface area contributed by atoms with Gasteiger partial charge in [0, 0.05) is 18.4 Å². The highest BCUT2D eigenvalue weighted by molar-refractivity contribution is 6.07. The monoisotopic (exact) mass is 443 g/mol. The number of nitrogens with zero attached hydrogens (tertiary/aromatic N) is 2. The van der Waals surface area contributed by atoms with Crippen molar-refractivity contribution in [1.29, 1.82) is 0 Å². The van der Waals surface area contributed by atoms with Crippen LogP contribution in [0.4, 0.5) is 10.5 Å². The maximum Gasteiger partial charge on any atom is 0.411 e. The number of carbonyl (C=O) groups excluding carboxylic acids is 1. The Morgan fingerprint density at radius 3 is 2.30 bits per heavy atom. The molecule has 8 heteroatoms. The van der Waals surface area contributed by atoms with Crippen molar-refractivity contribution < 1.29 is 24.2 Å². The van der Waals surface area contributed by atoms with Crippen LogP contribution in [0.3, 0.4) is 0 Å². The van der Waals surface area contributed by atoms with Gasteiger partial charge in [0.1, 0.15) is 13.3 Å². The van der Waals surface area contributed by atoms with E-state index in [1.165, 1.54) is 11.8 Å². The number of amides is 1. The van der Waals surface area contributed by atoms with E-state index < -0.39 is 12.1 Å². The van der Waals surface area contributed by atoms with Crippen LogP contribution in [0.15, 0.2) is 66.7 Å². The average Bonchev–Trinajstić information content (AvgIpc) is 3.35. The summed E-state index contributed by atoms with van der Waals surface area (Å²) >= 11 is 0. The summed E-state index contributed by atoms with van der Waals surface area (Å²) in [5, 5.41) is 16.7. The molecule has 3 aromatic carbocycles. The number of carbonyl (C=O) groups is 2. The number of hydrogen-bond acceptors (Lipinski definition) is 5. The van der Waals surface area contributed by atoms with Crippen LogP contribution in [-0.2, 0) is 16.2 Å². The van der Waals surface area contributed by atoms with Crippen LogP contribution < -0.4 is 5.32 Å². The Hall–Kier alpha value is -4.17. The number of rotatable bonds is 6. The number of para-hydroxylation sites is 1. The number of aromatic nitrogens is 2. The van der Waals surface area contributed by atoms with Crippen molar-refractivity contribution in [3.8, 4) is 11.1 Å². The number of aromatic carboxylic acids is 1. The lowest BCUT2D eigenvalue weighted by molar-refractivity contribution is 0.0687. The third-order valence-corrected chi connectivity index (χ3v) is 5.80. The van der Waals surface area contributed by atoms with E-state index in [0.717, 1.165) is 22.3 Å². The Morgan fingerprint density at radius 1 is 1.00 bits per heavy atom. The molecular weight excluding hydrogens is 422 g/mol. The molecule has 1 aromatic heterocycles. The molecule has 2 N–H and O–H groups in total. The molecule has 0 bridgehead atoms. The molecule has 0 fully saturated rings. The summed E-state index contributed by atoms with van der Waals surface area (Å²) in [6.07, 6.45) is -0.633. The molecule has 1 aliphatic rings. The fourth-order valence-corrected chi connectivity index (χ4v) is 4.46. The number of carboxylic acid groups (broad SMARTS) is 1. The van der Waals surface area contributed by atoms with Crippen LogP contribution in [0.1, 0.15) is 27.5 Å². The van der Waals surface area contributed by atoms with E-state index >= 15 is 0 Å². The van der Waals surface area contributed by atoms with Gasteiger partial charge >= 0.3 is 12.1 Å². The van der Waals surface area contributed by atoms with Gasteiger partial charge in [-0.05, 0) is 28.3 Å². The van der Waals surface area contributed by atoms with Gasteiger partial charge in [0.05, 0.1) is 11.2 Å². The molecule has 0 unspecified atom stereocenters. The Balaban J connectivity index is 1.39. The molecule has 0 spiro atoms. The first kappa shape index (κ1) is 20.7. The van der Waals surface area contributed by atoms with E-state index in [9.17, 15) is 14.7 Å². The van der Waals surface area contributed by atoms with Crippen LogP contribution in [0.2, 0.25) is 0 Å². The highest BCUT2D eigenvalue weighted by atomic mass is 16.5. The summed E-state index contributed by atoms with van der Waals surface area (Å²) in [7, 11) is 1.48. The second kappa shape index (κ2) is 8.40. The van der Waals surface area contributed by atoms with Gasteiger partial charge in [-0.15, -0.1) is 0 Å². The van der Waals surface area contributed by atoms with Crippen molar-refractivity contribution >= 4 is 28.7 Å². The standard InChI is InChI=1S/C25H21N3O5/c1-32-14-28-23-19(22(27-28)24(29)30)11-6-12-21(23)26-25(31)33-13-20-17-9-4-2-7-15(17)16-8-3-5-10-18(16)20/h2-12,20H,13-14H2,1H3,(H,26,31)(H,29,30). The van der Waals surface area contributed by atoms with Crippen molar-refractivity contribution in [2.24, 2.45) is 0 Å². The van der Waals surface area contributed by atoms with E-state index in [0.29, 0.717) is 16.6 Å². The molecule has 0 radical (unpaired) electrons. The first-order valence-electron chi connectivity index (χ1n) is 10.4. The zero-order chi connectivity index (χ0) is 22.9. The van der Waals surface area contributed by atoms with Crippen LogP contribution in [-0.4, -0.2) is 40.7 Å². The molecule has 1 amide bonds. The lowest BCUT2D eigenvalue weighted by atomic mass is 9.98. The Kier molecular flexibility index (Phi) is 5.27. The summed E-state index contributed by atoms with van der Waals surface area (Å²) < 4.78 is 12.2. The highest BCUT2D eigenvalue weighted by Crippen LogP contribution is 2.44. The van der Waals surface area contributed by atoms with Crippen molar-refractivity contribution in [3.05, 3.63) is 83.6 Å². The number of anilines is 1. The van der Waals surface area contributed by atoms with E-state index in [1.54, 1.807) is 18.2 Å². The zero-order valence-corrected chi connectivity index (χ0v) is 17.8. The smallest absolute Gasteiger partial charge is 0.411 e. The van der Waals surface area contributed by atoms with Gasteiger partial charge in [0.2, 0.25) is 0 Å². The van der Waals surface area contributed by atoms with Crippen molar-refractivity contribution in [3.63, 3.8) is 0 Å². The largest absolute Gasteiger partial charge is 0.476 e. The zero-order valence-electron chi connectivity index (χ0n) is 17.8. The van der Waals surface area contributed by atoms with Crippen LogP contribution >= 0.6 is 0 Å².